The molecule has 2 aromatic rings. The molecule has 1 N–H and O–H groups in total. The minimum atomic E-state index is 0.0965. The van der Waals surface area contributed by atoms with Crippen LogP contribution < -0.4 is 5.32 Å². The average molecular weight is 280 g/mol. The van der Waals surface area contributed by atoms with Gasteiger partial charge in [-0.3, -0.25) is 0 Å². The monoisotopic (exact) mass is 280 g/mol. The van der Waals surface area contributed by atoms with Crippen LogP contribution in [-0.2, 0) is 12.0 Å². The lowest BCUT2D eigenvalue weighted by Crippen LogP contribution is -2.19. The van der Waals surface area contributed by atoms with Crippen LogP contribution in [0.25, 0.3) is 0 Å². The van der Waals surface area contributed by atoms with Crippen LogP contribution in [0.5, 0.6) is 0 Å². The fourth-order valence-electron chi connectivity index (χ4n) is 1.58. The third kappa shape index (κ3) is 3.61. The molecule has 0 saturated heterocycles. The lowest BCUT2D eigenvalue weighted by Gasteiger charge is -2.15. The second kappa shape index (κ2) is 5.38. The predicted molar refractivity (Wildman–Crippen MR) is 75.1 cm³/mol. The van der Waals surface area contributed by atoms with E-state index < -0.39 is 0 Å². The van der Waals surface area contributed by atoms with Gasteiger partial charge in [0.05, 0.1) is 18.3 Å². The third-order valence-electron chi connectivity index (χ3n) is 2.80. The summed E-state index contributed by atoms with van der Waals surface area (Å²) in [6, 6.07) is 0.180. The van der Waals surface area contributed by atoms with Crippen molar-refractivity contribution in [3.63, 3.8) is 0 Å². The van der Waals surface area contributed by atoms with Gasteiger partial charge in [-0.2, -0.15) is 4.98 Å². The van der Waals surface area contributed by atoms with Gasteiger partial charge in [0.25, 0.3) is 0 Å². The molecule has 0 bridgehead atoms. The molecule has 0 spiro atoms. The number of rotatable bonds is 4. The number of aryl methyl sites for hydroxylation is 1. The Balaban J connectivity index is 1.96. The van der Waals surface area contributed by atoms with Crippen molar-refractivity contribution in [2.24, 2.45) is 0 Å². The smallest absolute Gasteiger partial charge is 0.223 e. The largest absolute Gasteiger partial charge is 0.340 e. The summed E-state index contributed by atoms with van der Waals surface area (Å²) in [4.78, 5) is 8.85. The van der Waals surface area contributed by atoms with Crippen LogP contribution in [0.4, 0.5) is 0 Å². The van der Waals surface area contributed by atoms with Crippen molar-refractivity contribution in [1.29, 1.82) is 0 Å². The van der Waals surface area contributed by atoms with E-state index in [4.69, 9.17) is 9.51 Å². The van der Waals surface area contributed by atoms with Crippen molar-refractivity contribution in [3.05, 3.63) is 27.8 Å². The van der Waals surface area contributed by atoms with Crippen molar-refractivity contribution in [2.75, 3.05) is 0 Å². The number of hydrogen-bond acceptors (Lipinski definition) is 6. The second-order valence-electron chi connectivity index (χ2n) is 5.65. The SMILES string of the molecule is Cc1nc(CN[C@H](C)c2nc(C(C)(C)C)cs2)no1. The first kappa shape index (κ1) is 14.1. The molecule has 5 nitrogen and oxygen atoms in total. The molecule has 0 aliphatic carbocycles. The first-order chi connectivity index (χ1) is 8.86. The minimum Gasteiger partial charge on any atom is -0.340 e. The van der Waals surface area contributed by atoms with Crippen molar-refractivity contribution in [3.8, 4) is 0 Å². The molecule has 0 amide bonds. The highest BCUT2D eigenvalue weighted by Gasteiger charge is 2.19. The quantitative estimate of drug-likeness (QED) is 0.932. The summed E-state index contributed by atoms with van der Waals surface area (Å²) in [5.74, 6) is 1.27. The zero-order valence-electron chi connectivity index (χ0n) is 12.0. The number of nitrogens with one attached hydrogen (secondary N) is 1. The molecular formula is C13H20N4OS. The molecule has 6 heteroatoms. The van der Waals surface area contributed by atoms with E-state index in [1.165, 1.54) is 0 Å². The Kier molecular flexibility index (Phi) is 4.01. The van der Waals surface area contributed by atoms with E-state index in [-0.39, 0.29) is 11.5 Å². The molecule has 0 aliphatic heterocycles. The van der Waals surface area contributed by atoms with Crippen LogP contribution >= 0.6 is 11.3 Å². The van der Waals surface area contributed by atoms with Crippen molar-refractivity contribution in [2.45, 2.75) is 52.6 Å². The zero-order valence-corrected chi connectivity index (χ0v) is 12.8. The van der Waals surface area contributed by atoms with Crippen molar-refractivity contribution >= 4 is 11.3 Å². The van der Waals surface area contributed by atoms with Crippen LogP contribution in [0.15, 0.2) is 9.90 Å². The Morgan fingerprint density at radius 1 is 1.37 bits per heavy atom. The minimum absolute atomic E-state index is 0.0965. The van der Waals surface area contributed by atoms with Gasteiger partial charge in [0.2, 0.25) is 5.89 Å². The molecule has 104 valence electrons. The summed E-state index contributed by atoms with van der Waals surface area (Å²) < 4.78 is 4.94. The normalized spacial score (nSPS) is 13.7. The highest BCUT2D eigenvalue weighted by Crippen LogP contribution is 2.26. The maximum absolute atomic E-state index is 4.94. The molecular weight excluding hydrogens is 260 g/mol. The molecule has 0 radical (unpaired) electrons. The molecule has 0 aliphatic rings. The standard InChI is InChI=1S/C13H20N4OS/c1-8(14-6-11-15-9(2)18-17-11)12-16-10(7-19-12)13(3,4)5/h7-8,14H,6H2,1-5H3/t8-/m1/s1. The summed E-state index contributed by atoms with van der Waals surface area (Å²) in [5.41, 5.74) is 1.23. The summed E-state index contributed by atoms with van der Waals surface area (Å²) in [6.07, 6.45) is 0. The van der Waals surface area contributed by atoms with Crippen LogP contribution in [0, 0.1) is 6.92 Å². The lowest BCUT2D eigenvalue weighted by atomic mass is 9.93. The molecule has 0 saturated carbocycles. The number of aromatic nitrogens is 3. The van der Waals surface area contributed by atoms with Gasteiger partial charge < -0.3 is 9.84 Å². The van der Waals surface area contributed by atoms with Gasteiger partial charge in [0.1, 0.15) is 5.01 Å². The Labute approximate surface area is 117 Å². The molecule has 19 heavy (non-hydrogen) atoms. The topological polar surface area (TPSA) is 63.8 Å². The van der Waals surface area contributed by atoms with E-state index in [1.807, 2.05) is 0 Å². The van der Waals surface area contributed by atoms with Gasteiger partial charge in [-0.25, -0.2) is 4.98 Å². The molecule has 2 aromatic heterocycles. The maximum Gasteiger partial charge on any atom is 0.223 e. The van der Waals surface area contributed by atoms with Crippen molar-refractivity contribution < 1.29 is 4.52 Å². The van der Waals surface area contributed by atoms with Crippen molar-refractivity contribution in [1.82, 2.24) is 20.4 Å². The Morgan fingerprint density at radius 2 is 2.11 bits per heavy atom. The van der Waals surface area contributed by atoms with Crippen LogP contribution in [0.3, 0.4) is 0 Å². The highest BCUT2D eigenvalue weighted by molar-refractivity contribution is 7.09. The summed E-state index contributed by atoms with van der Waals surface area (Å²) in [5, 5.41) is 10.4. The van der Waals surface area contributed by atoms with E-state index in [1.54, 1.807) is 18.3 Å². The summed E-state index contributed by atoms with van der Waals surface area (Å²) >= 11 is 1.69. The van der Waals surface area contributed by atoms with Gasteiger partial charge in [-0.05, 0) is 6.92 Å². The van der Waals surface area contributed by atoms with Crippen LogP contribution in [0.2, 0.25) is 0 Å². The number of nitrogens with zero attached hydrogens (tertiary/aromatic N) is 3. The van der Waals surface area contributed by atoms with Gasteiger partial charge >= 0.3 is 0 Å². The number of hydrogen-bond donors (Lipinski definition) is 1. The molecule has 0 unspecified atom stereocenters. The van der Waals surface area contributed by atoms with E-state index in [9.17, 15) is 0 Å². The third-order valence-corrected chi connectivity index (χ3v) is 3.82. The predicted octanol–water partition coefficient (Wildman–Crippen LogP) is 2.98. The van der Waals surface area contributed by atoms with Gasteiger partial charge in [0.15, 0.2) is 5.82 Å². The van der Waals surface area contributed by atoms with Gasteiger partial charge in [0, 0.05) is 17.7 Å². The Bertz CT molecular complexity index is 541. The molecule has 2 heterocycles. The van der Waals surface area contributed by atoms with Gasteiger partial charge in [-0.15, -0.1) is 11.3 Å². The van der Waals surface area contributed by atoms with Crippen LogP contribution in [0.1, 0.15) is 56.2 Å². The highest BCUT2D eigenvalue weighted by atomic mass is 32.1. The fraction of sp³-hybridized carbons (Fsp3) is 0.615. The Morgan fingerprint density at radius 3 is 2.63 bits per heavy atom. The van der Waals surface area contributed by atoms with E-state index in [0.29, 0.717) is 18.3 Å². The molecule has 1 atom stereocenters. The van der Waals surface area contributed by atoms with Gasteiger partial charge in [-0.1, -0.05) is 25.9 Å². The average Bonchev–Trinajstić information content (AvgIpc) is 2.93. The zero-order chi connectivity index (χ0) is 14.0. The first-order valence-electron chi connectivity index (χ1n) is 6.35. The second-order valence-corrected chi connectivity index (χ2v) is 6.54. The maximum atomic E-state index is 4.94. The summed E-state index contributed by atoms with van der Waals surface area (Å²) in [6.45, 7) is 11.0. The van der Waals surface area contributed by atoms with E-state index in [2.05, 4.69) is 48.5 Å². The first-order valence-corrected chi connectivity index (χ1v) is 7.22. The lowest BCUT2D eigenvalue weighted by molar-refractivity contribution is 0.384. The van der Waals surface area contributed by atoms with E-state index in [0.717, 1.165) is 10.7 Å². The fourth-order valence-corrected chi connectivity index (χ4v) is 2.65. The van der Waals surface area contributed by atoms with E-state index >= 15 is 0 Å². The molecule has 0 aromatic carbocycles. The van der Waals surface area contributed by atoms with Crippen LogP contribution in [-0.4, -0.2) is 15.1 Å². The Hall–Kier alpha value is -1.27. The molecule has 0 fully saturated rings. The summed E-state index contributed by atoms with van der Waals surface area (Å²) in [7, 11) is 0. The molecule has 2 rings (SSSR count). The number of thiazole rings is 1.